The van der Waals surface area contributed by atoms with Crippen LogP contribution in [-0.2, 0) is 22.4 Å². The number of carbonyl (C=O) groups excluding carboxylic acids is 4. The Kier molecular flexibility index (Phi) is 12.0. The Labute approximate surface area is 342 Å². The number of rotatable bonds is 15. The van der Waals surface area contributed by atoms with Crippen molar-refractivity contribution in [3.05, 3.63) is 69.8 Å². The molecule has 0 saturated carbocycles. The second kappa shape index (κ2) is 17.7. The van der Waals surface area contributed by atoms with Crippen molar-refractivity contribution in [2.45, 2.75) is 57.9 Å². The van der Waals surface area contributed by atoms with E-state index in [1.807, 2.05) is 24.3 Å². The van der Waals surface area contributed by atoms with Gasteiger partial charge in [-0.15, -0.1) is 0 Å². The van der Waals surface area contributed by atoms with E-state index < -0.39 is 0 Å². The molecule has 0 N–H and O–H groups in total. The Bertz CT molecular complexity index is 2050. The summed E-state index contributed by atoms with van der Waals surface area (Å²) in [5.41, 5.74) is 5.15. The van der Waals surface area contributed by atoms with Crippen LogP contribution in [-0.4, -0.2) is 165 Å². The zero-order valence-electron chi connectivity index (χ0n) is 34.0. The molecule has 0 atom stereocenters. The molecule has 3 aromatic carbocycles. The van der Waals surface area contributed by atoms with E-state index in [1.165, 1.54) is 35.5 Å². The number of carbonyl (C=O) groups is 4. The summed E-state index contributed by atoms with van der Waals surface area (Å²) in [6.45, 7) is 14.2. The van der Waals surface area contributed by atoms with Crippen LogP contribution in [0.25, 0.3) is 21.9 Å². The van der Waals surface area contributed by atoms with E-state index in [0.29, 0.717) is 90.8 Å². The second-order valence-corrected chi connectivity index (χ2v) is 17.0. The van der Waals surface area contributed by atoms with Crippen molar-refractivity contribution in [2.24, 2.45) is 0 Å². The molecule has 6 heterocycles. The highest BCUT2D eigenvalue weighted by molar-refractivity contribution is 6.35. The van der Waals surface area contributed by atoms with Crippen LogP contribution < -0.4 is 0 Å². The summed E-state index contributed by atoms with van der Waals surface area (Å²) in [5, 5.41) is 0.944. The van der Waals surface area contributed by atoms with Crippen LogP contribution in [0.3, 0.4) is 0 Å². The van der Waals surface area contributed by atoms with Crippen LogP contribution in [0.15, 0.2) is 36.4 Å². The highest BCUT2D eigenvalue weighted by Gasteiger charge is 2.42. The third kappa shape index (κ3) is 7.99. The molecule has 0 bridgehead atoms. The number of hydrogen-bond acceptors (Lipinski definition) is 10. The predicted octanol–water partition coefficient (Wildman–Crippen LogP) is 4.77. The largest absolute Gasteiger partial charge is 0.379 e. The number of benzene rings is 3. The first-order chi connectivity index (χ1) is 28.4. The fraction of sp³-hybridized carbons (Fsp3) is 0.565. The Morgan fingerprint density at radius 3 is 1.62 bits per heavy atom. The molecule has 6 aliphatic rings. The van der Waals surface area contributed by atoms with E-state index in [1.54, 1.807) is 0 Å². The number of ether oxygens (including phenoxy) is 2. The van der Waals surface area contributed by atoms with Crippen LogP contribution in [0.5, 0.6) is 0 Å². The van der Waals surface area contributed by atoms with Gasteiger partial charge in [-0.05, 0) is 125 Å². The van der Waals surface area contributed by atoms with Crippen molar-refractivity contribution in [1.29, 1.82) is 0 Å². The molecular weight excluding hydrogens is 733 g/mol. The minimum absolute atomic E-state index is 0.285. The number of likely N-dealkylation sites (tertiary alicyclic amines) is 2. The normalized spacial score (nSPS) is 21.0. The standard InChI is InChI=1S/C46H58N6O6/c53-43-37-30-35(11-6-16-47-12-1-2-13-47)39-40-38(44(54)51(45(39)55)19-7-17-48-21-25-57-26-22-48)31-36(34-10-5-9-33(29-34)32-50-14-3-4-15-50)42(41(37)40)46(56)52(43)20-8-18-49-23-27-58-28-24-49/h5,9-10,29-31H,1-4,6-8,11-28,32H2. The molecule has 12 nitrogen and oxygen atoms in total. The number of hydrogen-bond donors (Lipinski definition) is 0. The molecule has 0 unspecified atom stereocenters. The van der Waals surface area contributed by atoms with Gasteiger partial charge in [-0.25, -0.2) is 0 Å². The summed E-state index contributed by atoms with van der Waals surface area (Å²) >= 11 is 0. The summed E-state index contributed by atoms with van der Waals surface area (Å²) in [6.07, 6.45) is 7.51. The summed E-state index contributed by atoms with van der Waals surface area (Å²) in [6, 6.07) is 12.1. The van der Waals surface area contributed by atoms with Gasteiger partial charge in [0, 0.05) is 80.8 Å². The third-order valence-electron chi connectivity index (χ3n) is 13.2. The molecule has 9 rings (SSSR count). The van der Waals surface area contributed by atoms with Gasteiger partial charge in [0.1, 0.15) is 0 Å². The first-order valence-corrected chi connectivity index (χ1v) is 22.0. The lowest BCUT2D eigenvalue weighted by Crippen LogP contribution is -2.46. The van der Waals surface area contributed by atoms with Gasteiger partial charge >= 0.3 is 0 Å². The number of aryl methyl sites for hydroxylation is 1. The summed E-state index contributed by atoms with van der Waals surface area (Å²) in [4.78, 5) is 71.7. The Balaban J connectivity index is 1.14. The smallest absolute Gasteiger partial charge is 0.262 e. The molecular formula is C46H58N6O6. The first-order valence-electron chi connectivity index (χ1n) is 22.0. The van der Waals surface area contributed by atoms with Crippen molar-refractivity contribution in [1.82, 2.24) is 29.4 Å². The van der Waals surface area contributed by atoms with Crippen molar-refractivity contribution in [3.8, 4) is 11.1 Å². The van der Waals surface area contributed by atoms with Gasteiger partial charge in [-0.3, -0.25) is 43.7 Å². The van der Waals surface area contributed by atoms with Crippen LogP contribution in [0, 0.1) is 0 Å². The van der Waals surface area contributed by atoms with Crippen LogP contribution in [0.4, 0.5) is 0 Å². The fourth-order valence-corrected chi connectivity index (χ4v) is 10.2. The molecule has 0 spiro atoms. The van der Waals surface area contributed by atoms with Gasteiger partial charge in [-0.1, -0.05) is 18.2 Å². The maximum Gasteiger partial charge on any atom is 0.262 e. The topological polar surface area (TPSA) is 106 Å². The quantitative estimate of drug-likeness (QED) is 0.200. The average Bonchev–Trinajstić information content (AvgIpc) is 3.97. The molecule has 0 aromatic heterocycles. The molecule has 58 heavy (non-hydrogen) atoms. The molecule has 308 valence electrons. The summed E-state index contributed by atoms with van der Waals surface area (Å²) < 4.78 is 11.1. The van der Waals surface area contributed by atoms with E-state index >= 15 is 0 Å². The zero-order valence-corrected chi connectivity index (χ0v) is 34.0. The minimum atomic E-state index is -0.355. The molecule has 0 aliphatic carbocycles. The van der Waals surface area contributed by atoms with E-state index in [0.717, 1.165) is 102 Å². The van der Waals surface area contributed by atoms with Crippen LogP contribution in [0.2, 0.25) is 0 Å². The molecule has 3 aromatic rings. The van der Waals surface area contributed by atoms with Gasteiger partial charge in [0.2, 0.25) is 0 Å². The van der Waals surface area contributed by atoms with Crippen molar-refractivity contribution >= 4 is 34.4 Å². The molecule has 12 heteroatoms. The average molecular weight is 791 g/mol. The number of morpholine rings is 2. The lowest BCUT2D eigenvalue weighted by Gasteiger charge is -2.35. The number of amides is 4. The van der Waals surface area contributed by atoms with Crippen LogP contribution in [0.1, 0.15) is 97.5 Å². The predicted molar refractivity (Wildman–Crippen MR) is 222 cm³/mol. The van der Waals surface area contributed by atoms with Crippen molar-refractivity contribution < 1.29 is 28.7 Å². The highest BCUT2D eigenvalue weighted by atomic mass is 16.5. The maximum absolute atomic E-state index is 15.0. The van der Waals surface area contributed by atoms with Gasteiger partial charge in [0.05, 0.1) is 37.6 Å². The van der Waals surface area contributed by atoms with E-state index in [2.05, 4.69) is 31.7 Å². The Hall–Kier alpha value is -4.04. The Morgan fingerprint density at radius 2 is 1.00 bits per heavy atom. The van der Waals surface area contributed by atoms with E-state index in [4.69, 9.17) is 9.47 Å². The molecule has 4 fully saturated rings. The number of imide groups is 2. The molecule has 0 radical (unpaired) electrons. The lowest BCUT2D eigenvalue weighted by molar-refractivity contribution is 0.0351. The summed E-state index contributed by atoms with van der Waals surface area (Å²) in [7, 11) is 0. The lowest BCUT2D eigenvalue weighted by atomic mass is 9.79. The molecule has 4 amide bonds. The van der Waals surface area contributed by atoms with Gasteiger partial charge in [-0.2, -0.15) is 0 Å². The van der Waals surface area contributed by atoms with Gasteiger partial charge in [0.25, 0.3) is 23.6 Å². The van der Waals surface area contributed by atoms with E-state index in [9.17, 15) is 19.2 Å². The van der Waals surface area contributed by atoms with Crippen LogP contribution >= 0.6 is 0 Å². The Morgan fingerprint density at radius 1 is 0.483 bits per heavy atom. The third-order valence-corrected chi connectivity index (χ3v) is 13.2. The highest BCUT2D eigenvalue weighted by Crippen LogP contribution is 2.44. The minimum Gasteiger partial charge on any atom is -0.379 e. The fourth-order valence-electron chi connectivity index (χ4n) is 10.2. The number of nitrogens with zero attached hydrogens (tertiary/aromatic N) is 6. The monoisotopic (exact) mass is 790 g/mol. The van der Waals surface area contributed by atoms with Gasteiger partial charge in [0.15, 0.2) is 0 Å². The van der Waals surface area contributed by atoms with Crippen molar-refractivity contribution in [3.63, 3.8) is 0 Å². The molecule has 6 aliphatic heterocycles. The zero-order chi connectivity index (χ0) is 39.6. The van der Waals surface area contributed by atoms with Crippen molar-refractivity contribution in [2.75, 3.05) is 112 Å². The second-order valence-electron chi connectivity index (χ2n) is 17.0. The van der Waals surface area contributed by atoms with E-state index in [-0.39, 0.29) is 30.2 Å². The maximum atomic E-state index is 15.0. The molecule has 4 saturated heterocycles. The SMILES string of the molecule is O=C1c2cc(-c3cccc(CN4CCCC4)c3)c3c4c(cc(CCCN5CCCC5)c(c24)C(=O)N1CCCN1CCOCC1)C(=O)N(CCCN1CCOCC1)C3=O. The summed E-state index contributed by atoms with van der Waals surface area (Å²) in [5.74, 6) is -1.37. The van der Waals surface area contributed by atoms with Gasteiger partial charge < -0.3 is 14.4 Å². The first kappa shape index (κ1) is 39.4.